The molecule has 5 nitrogen and oxygen atoms in total. The zero-order valence-corrected chi connectivity index (χ0v) is 10.9. The SMILES string of the molecule is Cc1cccc(C)c1NC(=O)CNC(=O)C(C)N. The maximum Gasteiger partial charge on any atom is 0.243 e. The van der Waals surface area contributed by atoms with Crippen LogP contribution in [-0.4, -0.2) is 24.4 Å². The molecule has 0 heterocycles. The quantitative estimate of drug-likeness (QED) is 0.734. The molecule has 2 amide bonds. The lowest BCUT2D eigenvalue weighted by atomic mass is 10.1. The molecule has 0 radical (unpaired) electrons. The summed E-state index contributed by atoms with van der Waals surface area (Å²) in [5, 5.41) is 5.24. The fourth-order valence-electron chi connectivity index (χ4n) is 1.52. The highest BCUT2D eigenvalue weighted by Crippen LogP contribution is 2.18. The van der Waals surface area contributed by atoms with Gasteiger partial charge in [0.05, 0.1) is 12.6 Å². The zero-order valence-electron chi connectivity index (χ0n) is 10.9. The van der Waals surface area contributed by atoms with Gasteiger partial charge >= 0.3 is 0 Å². The van der Waals surface area contributed by atoms with Gasteiger partial charge < -0.3 is 16.4 Å². The maximum atomic E-state index is 11.7. The highest BCUT2D eigenvalue weighted by molar-refractivity contribution is 5.96. The van der Waals surface area contributed by atoms with Crippen molar-refractivity contribution in [2.24, 2.45) is 5.73 Å². The second kappa shape index (κ2) is 6.16. The van der Waals surface area contributed by atoms with Crippen LogP contribution >= 0.6 is 0 Å². The second-order valence-electron chi connectivity index (χ2n) is 4.32. The summed E-state index contributed by atoms with van der Waals surface area (Å²) in [7, 11) is 0. The molecular weight excluding hydrogens is 230 g/mol. The van der Waals surface area contributed by atoms with Crippen molar-refractivity contribution in [3.8, 4) is 0 Å². The molecule has 0 fully saturated rings. The number of para-hydroxylation sites is 1. The molecule has 1 aromatic rings. The van der Waals surface area contributed by atoms with E-state index in [1.165, 1.54) is 0 Å². The average molecular weight is 249 g/mol. The largest absolute Gasteiger partial charge is 0.346 e. The predicted molar refractivity (Wildman–Crippen MR) is 71.2 cm³/mol. The van der Waals surface area contributed by atoms with Crippen LogP contribution in [0.4, 0.5) is 5.69 Å². The van der Waals surface area contributed by atoms with Gasteiger partial charge in [0.2, 0.25) is 11.8 Å². The molecule has 0 saturated carbocycles. The van der Waals surface area contributed by atoms with E-state index in [0.29, 0.717) is 0 Å². The molecule has 0 saturated heterocycles. The van der Waals surface area contributed by atoms with Gasteiger partial charge in [-0.15, -0.1) is 0 Å². The molecule has 5 heteroatoms. The van der Waals surface area contributed by atoms with E-state index in [4.69, 9.17) is 5.73 Å². The van der Waals surface area contributed by atoms with Crippen molar-refractivity contribution in [3.63, 3.8) is 0 Å². The van der Waals surface area contributed by atoms with Gasteiger partial charge in [0, 0.05) is 5.69 Å². The fraction of sp³-hybridized carbons (Fsp3) is 0.385. The van der Waals surface area contributed by atoms with Crippen LogP contribution in [0.5, 0.6) is 0 Å². The van der Waals surface area contributed by atoms with Crippen LogP contribution in [0.15, 0.2) is 18.2 Å². The van der Waals surface area contributed by atoms with Crippen molar-refractivity contribution in [2.75, 3.05) is 11.9 Å². The van der Waals surface area contributed by atoms with E-state index < -0.39 is 6.04 Å². The van der Waals surface area contributed by atoms with E-state index in [0.717, 1.165) is 16.8 Å². The molecule has 1 atom stereocenters. The van der Waals surface area contributed by atoms with Crippen molar-refractivity contribution in [3.05, 3.63) is 29.3 Å². The van der Waals surface area contributed by atoms with E-state index in [1.54, 1.807) is 6.92 Å². The van der Waals surface area contributed by atoms with E-state index in [2.05, 4.69) is 10.6 Å². The molecule has 0 aromatic heterocycles. The number of nitrogens with two attached hydrogens (primary N) is 1. The number of aryl methyl sites for hydroxylation is 2. The third-order valence-corrected chi connectivity index (χ3v) is 2.58. The Morgan fingerprint density at radius 3 is 2.33 bits per heavy atom. The molecule has 98 valence electrons. The lowest BCUT2D eigenvalue weighted by Gasteiger charge is -2.12. The van der Waals surface area contributed by atoms with Crippen LogP contribution in [0.3, 0.4) is 0 Å². The molecule has 1 aromatic carbocycles. The van der Waals surface area contributed by atoms with E-state index in [-0.39, 0.29) is 18.4 Å². The van der Waals surface area contributed by atoms with Gasteiger partial charge in [0.25, 0.3) is 0 Å². The number of carbonyl (C=O) groups excluding carboxylic acids is 2. The lowest BCUT2D eigenvalue weighted by molar-refractivity contribution is -0.124. The summed E-state index contributed by atoms with van der Waals surface area (Å²) in [4.78, 5) is 22.9. The molecule has 1 unspecified atom stereocenters. The predicted octanol–water partition coefficient (Wildman–Crippen LogP) is 0.705. The van der Waals surface area contributed by atoms with Gasteiger partial charge in [-0.25, -0.2) is 0 Å². The van der Waals surface area contributed by atoms with Crippen molar-refractivity contribution >= 4 is 17.5 Å². The van der Waals surface area contributed by atoms with Crippen LogP contribution < -0.4 is 16.4 Å². The number of rotatable bonds is 4. The highest BCUT2D eigenvalue weighted by atomic mass is 16.2. The topological polar surface area (TPSA) is 84.2 Å². The first-order valence-electron chi connectivity index (χ1n) is 5.81. The average Bonchev–Trinajstić information content (AvgIpc) is 2.30. The summed E-state index contributed by atoms with van der Waals surface area (Å²) in [6, 6.07) is 5.16. The van der Waals surface area contributed by atoms with E-state index in [9.17, 15) is 9.59 Å². The van der Waals surface area contributed by atoms with Crippen LogP contribution in [0, 0.1) is 13.8 Å². The summed E-state index contributed by atoms with van der Waals surface area (Å²) in [5.74, 6) is -0.604. The third kappa shape index (κ3) is 3.85. The molecule has 0 aliphatic rings. The Balaban J connectivity index is 2.58. The summed E-state index contributed by atoms with van der Waals surface area (Å²) < 4.78 is 0. The first-order valence-corrected chi connectivity index (χ1v) is 5.81. The normalized spacial score (nSPS) is 11.8. The van der Waals surface area contributed by atoms with Crippen molar-refractivity contribution in [2.45, 2.75) is 26.8 Å². The van der Waals surface area contributed by atoms with Gasteiger partial charge in [0.15, 0.2) is 0 Å². The highest BCUT2D eigenvalue weighted by Gasteiger charge is 2.10. The van der Waals surface area contributed by atoms with Gasteiger partial charge in [-0.2, -0.15) is 0 Å². The minimum absolute atomic E-state index is 0.0753. The Morgan fingerprint density at radius 2 is 1.83 bits per heavy atom. The Bertz CT molecular complexity index is 435. The molecule has 1 rings (SSSR count). The fourth-order valence-corrected chi connectivity index (χ4v) is 1.52. The molecule has 0 bridgehead atoms. The van der Waals surface area contributed by atoms with E-state index in [1.807, 2.05) is 32.0 Å². The Kier molecular flexibility index (Phi) is 4.85. The number of nitrogens with one attached hydrogen (secondary N) is 2. The number of carbonyl (C=O) groups is 2. The molecule has 0 aliphatic carbocycles. The van der Waals surface area contributed by atoms with Crippen LogP contribution in [0.1, 0.15) is 18.1 Å². The molecule has 4 N–H and O–H groups in total. The maximum absolute atomic E-state index is 11.7. The number of anilines is 1. The summed E-state index contributed by atoms with van der Waals surface area (Å²) in [6.07, 6.45) is 0. The molecule has 0 aliphatic heterocycles. The second-order valence-corrected chi connectivity index (χ2v) is 4.32. The number of hydrogen-bond donors (Lipinski definition) is 3. The number of amides is 2. The number of benzene rings is 1. The van der Waals surface area contributed by atoms with Crippen LogP contribution in [0.2, 0.25) is 0 Å². The van der Waals surface area contributed by atoms with Crippen LogP contribution in [0.25, 0.3) is 0 Å². The van der Waals surface area contributed by atoms with Crippen molar-refractivity contribution in [1.82, 2.24) is 5.32 Å². The Morgan fingerprint density at radius 1 is 1.28 bits per heavy atom. The molecular formula is C13H19N3O2. The summed E-state index contributed by atoms with van der Waals surface area (Å²) in [6.45, 7) is 5.33. The Hall–Kier alpha value is -1.88. The van der Waals surface area contributed by atoms with Gasteiger partial charge in [-0.3, -0.25) is 9.59 Å². The lowest BCUT2D eigenvalue weighted by Crippen LogP contribution is -2.42. The van der Waals surface area contributed by atoms with Crippen molar-refractivity contribution < 1.29 is 9.59 Å². The smallest absolute Gasteiger partial charge is 0.243 e. The number of hydrogen-bond acceptors (Lipinski definition) is 3. The molecule has 18 heavy (non-hydrogen) atoms. The minimum atomic E-state index is -0.613. The molecule has 0 spiro atoms. The monoisotopic (exact) mass is 249 g/mol. The standard InChI is InChI=1S/C13H19N3O2/c1-8-5-4-6-9(2)12(8)16-11(17)7-15-13(18)10(3)14/h4-6,10H,7,14H2,1-3H3,(H,15,18)(H,16,17). The first-order chi connectivity index (χ1) is 8.41. The Labute approximate surface area is 107 Å². The van der Waals surface area contributed by atoms with Crippen LogP contribution in [-0.2, 0) is 9.59 Å². The summed E-state index contributed by atoms with van der Waals surface area (Å²) in [5.41, 5.74) is 8.14. The first kappa shape index (κ1) is 14.2. The van der Waals surface area contributed by atoms with Gasteiger partial charge in [-0.05, 0) is 31.9 Å². The van der Waals surface area contributed by atoms with Gasteiger partial charge in [0.1, 0.15) is 0 Å². The van der Waals surface area contributed by atoms with E-state index >= 15 is 0 Å². The zero-order chi connectivity index (χ0) is 13.7. The van der Waals surface area contributed by atoms with Gasteiger partial charge in [-0.1, -0.05) is 18.2 Å². The minimum Gasteiger partial charge on any atom is -0.346 e. The third-order valence-electron chi connectivity index (χ3n) is 2.58. The van der Waals surface area contributed by atoms with Crippen molar-refractivity contribution in [1.29, 1.82) is 0 Å². The summed E-state index contributed by atoms with van der Waals surface area (Å²) >= 11 is 0.